The van der Waals surface area contributed by atoms with Gasteiger partial charge < -0.3 is 10.1 Å². The summed E-state index contributed by atoms with van der Waals surface area (Å²) in [4.78, 5) is 36.6. The van der Waals surface area contributed by atoms with Crippen LogP contribution in [0.1, 0.15) is 12.5 Å². The maximum atomic E-state index is 12.9. The first kappa shape index (κ1) is 21.1. The highest BCUT2D eigenvalue weighted by atomic mass is 35.5. The molecule has 1 aliphatic heterocycles. The van der Waals surface area contributed by atoms with Gasteiger partial charge in [-0.1, -0.05) is 23.4 Å². The number of hydrogen-bond acceptors (Lipinski definition) is 5. The van der Waals surface area contributed by atoms with E-state index >= 15 is 0 Å². The number of esters is 1. The zero-order valence-electron chi connectivity index (χ0n) is 13.9. The normalized spacial score (nSPS) is 16.0. The topological polar surface area (TPSA) is 75.7 Å². The van der Waals surface area contributed by atoms with Gasteiger partial charge in [0.25, 0.3) is 0 Å². The predicted octanol–water partition coefficient (Wildman–Crippen LogP) is 3.28. The molecule has 0 aromatic heterocycles. The summed E-state index contributed by atoms with van der Waals surface area (Å²) in [6.45, 7) is 1.32. The Hall–Kier alpha value is -2.20. The molecule has 0 aliphatic carbocycles. The van der Waals surface area contributed by atoms with Crippen LogP contribution in [0.3, 0.4) is 0 Å². The van der Waals surface area contributed by atoms with E-state index in [0.717, 1.165) is 28.8 Å². The molecule has 1 heterocycles. The van der Waals surface area contributed by atoms with Gasteiger partial charge >= 0.3 is 12.1 Å². The van der Waals surface area contributed by atoms with E-state index in [2.05, 4.69) is 5.32 Å². The molecule has 146 valence electrons. The van der Waals surface area contributed by atoms with Crippen LogP contribution in [0, 0.1) is 0 Å². The third kappa shape index (κ3) is 5.64. The number of rotatable bonds is 5. The summed E-state index contributed by atoms with van der Waals surface area (Å²) in [5.41, 5.74) is -1.20. The first-order valence-electron chi connectivity index (χ1n) is 7.60. The molecular formula is C16H14ClF3N2O4S. The van der Waals surface area contributed by atoms with Crippen LogP contribution >= 0.6 is 23.4 Å². The summed E-state index contributed by atoms with van der Waals surface area (Å²) in [6.07, 6.45) is -3.58. The molecule has 1 N–H and O–H groups in total. The van der Waals surface area contributed by atoms with E-state index in [4.69, 9.17) is 16.3 Å². The fourth-order valence-electron chi connectivity index (χ4n) is 2.15. The molecule has 27 heavy (non-hydrogen) atoms. The molecule has 0 atom stereocenters. The van der Waals surface area contributed by atoms with E-state index in [1.807, 2.05) is 0 Å². The third-order valence-corrected chi connectivity index (χ3v) is 4.65. The molecule has 1 aromatic carbocycles. The van der Waals surface area contributed by atoms with Gasteiger partial charge in [-0.25, -0.2) is 4.79 Å². The van der Waals surface area contributed by atoms with Gasteiger partial charge in [0.2, 0.25) is 11.8 Å². The number of thioether (sulfide) groups is 1. The quantitative estimate of drug-likeness (QED) is 0.582. The lowest BCUT2D eigenvalue weighted by molar-refractivity contribution is -0.138. The molecule has 2 rings (SSSR count). The first-order valence-corrected chi connectivity index (χ1v) is 8.96. The van der Waals surface area contributed by atoms with E-state index in [-0.39, 0.29) is 23.1 Å². The smallest absolute Gasteiger partial charge is 0.417 e. The van der Waals surface area contributed by atoms with Crippen molar-refractivity contribution < 1.29 is 32.3 Å². The average Bonchev–Trinajstić information content (AvgIpc) is 2.89. The molecule has 0 bridgehead atoms. The standard InChI is InChI=1S/C16H14ClF3N2O4S/c1-2-26-15(25)6-14-22(13(24)8-27-14)7-12(23)21-9-3-4-11(17)10(5-9)16(18,19)20/h3-6H,2,7-8H2,1H3,(H,21,23)/b14-6-. The summed E-state index contributed by atoms with van der Waals surface area (Å²) in [7, 11) is 0. The van der Waals surface area contributed by atoms with Crippen molar-refractivity contribution in [1.82, 2.24) is 4.90 Å². The van der Waals surface area contributed by atoms with Crippen LogP contribution in [0.5, 0.6) is 0 Å². The highest BCUT2D eigenvalue weighted by molar-refractivity contribution is 8.04. The fraction of sp³-hybridized carbons (Fsp3) is 0.312. The van der Waals surface area contributed by atoms with Crippen LogP contribution < -0.4 is 5.32 Å². The Labute approximate surface area is 161 Å². The van der Waals surface area contributed by atoms with Gasteiger partial charge in [-0.05, 0) is 25.1 Å². The Bertz CT molecular complexity index is 798. The molecule has 0 saturated carbocycles. The predicted molar refractivity (Wildman–Crippen MR) is 94.0 cm³/mol. The van der Waals surface area contributed by atoms with E-state index < -0.39 is 41.1 Å². The molecule has 1 aromatic rings. The number of carbonyl (C=O) groups excluding carboxylic acids is 3. The van der Waals surface area contributed by atoms with Gasteiger partial charge in [0.05, 0.1) is 34.1 Å². The molecule has 0 spiro atoms. The minimum atomic E-state index is -4.67. The van der Waals surface area contributed by atoms with Gasteiger partial charge in [-0.2, -0.15) is 13.2 Å². The largest absolute Gasteiger partial charge is 0.463 e. The number of anilines is 1. The van der Waals surface area contributed by atoms with Crippen LogP contribution in [0.2, 0.25) is 5.02 Å². The van der Waals surface area contributed by atoms with Gasteiger partial charge in [0.1, 0.15) is 6.54 Å². The number of carbonyl (C=O) groups is 3. The first-order chi connectivity index (χ1) is 12.6. The van der Waals surface area contributed by atoms with Crippen molar-refractivity contribution >= 4 is 46.8 Å². The summed E-state index contributed by atoms with van der Waals surface area (Å²) in [5.74, 6) is -1.75. The van der Waals surface area contributed by atoms with Gasteiger partial charge in [-0.3, -0.25) is 14.5 Å². The Morgan fingerprint density at radius 3 is 2.74 bits per heavy atom. The monoisotopic (exact) mass is 422 g/mol. The lowest BCUT2D eigenvalue weighted by Crippen LogP contribution is -2.34. The highest BCUT2D eigenvalue weighted by Crippen LogP contribution is 2.36. The lowest BCUT2D eigenvalue weighted by atomic mass is 10.2. The van der Waals surface area contributed by atoms with Crippen LogP contribution in [-0.4, -0.2) is 41.6 Å². The summed E-state index contributed by atoms with van der Waals surface area (Å²) in [6, 6.07) is 2.93. The molecule has 1 saturated heterocycles. The second-order valence-corrected chi connectivity index (χ2v) is 6.65. The molecule has 0 radical (unpaired) electrons. The SMILES string of the molecule is CCOC(=O)/C=C1\SCC(=O)N1CC(=O)Nc1ccc(Cl)c(C(F)(F)F)c1. The zero-order chi connectivity index (χ0) is 20.2. The summed E-state index contributed by atoms with van der Waals surface area (Å²) in [5, 5.41) is 2.03. The molecule has 1 fully saturated rings. The second-order valence-electron chi connectivity index (χ2n) is 5.24. The second kappa shape index (κ2) is 8.66. The molecule has 2 amide bonds. The van der Waals surface area contributed by atoms with Crippen LogP contribution in [0.4, 0.5) is 18.9 Å². The molecule has 0 unspecified atom stereocenters. The molecule has 6 nitrogen and oxygen atoms in total. The van der Waals surface area contributed by atoms with Crippen molar-refractivity contribution in [2.75, 3.05) is 24.2 Å². The number of nitrogens with zero attached hydrogens (tertiary/aromatic N) is 1. The van der Waals surface area contributed by atoms with Gasteiger partial charge in [0.15, 0.2) is 0 Å². The van der Waals surface area contributed by atoms with Crippen molar-refractivity contribution in [1.29, 1.82) is 0 Å². The zero-order valence-corrected chi connectivity index (χ0v) is 15.5. The van der Waals surface area contributed by atoms with E-state index in [9.17, 15) is 27.6 Å². The van der Waals surface area contributed by atoms with E-state index in [0.29, 0.717) is 6.07 Å². The highest BCUT2D eigenvalue weighted by Gasteiger charge is 2.34. The van der Waals surface area contributed by atoms with Crippen molar-refractivity contribution in [3.05, 3.63) is 39.9 Å². The number of nitrogens with one attached hydrogen (secondary N) is 1. The Morgan fingerprint density at radius 1 is 1.41 bits per heavy atom. The van der Waals surface area contributed by atoms with Crippen LogP contribution in [0.25, 0.3) is 0 Å². The van der Waals surface area contributed by atoms with Crippen LogP contribution in [0.15, 0.2) is 29.3 Å². The number of alkyl halides is 3. The molecular weight excluding hydrogens is 409 g/mol. The number of benzene rings is 1. The number of hydrogen-bond donors (Lipinski definition) is 1. The minimum Gasteiger partial charge on any atom is -0.463 e. The van der Waals surface area contributed by atoms with Gasteiger partial charge in [0, 0.05) is 5.69 Å². The molecule has 1 aliphatic rings. The maximum Gasteiger partial charge on any atom is 0.417 e. The lowest BCUT2D eigenvalue weighted by Gasteiger charge is -2.17. The summed E-state index contributed by atoms with van der Waals surface area (Å²) >= 11 is 6.59. The van der Waals surface area contributed by atoms with Crippen molar-refractivity contribution in [3.8, 4) is 0 Å². The Kier molecular flexibility index (Phi) is 6.77. The Balaban J connectivity index is 2.10. The van der Waals surface area contributed by atoms with E-state index in [1.54, 1.807) is 6.92 Å². The number of amides is 2. The summed E-state index contributed by atoms with van der Waals surface area (Å²) < 4.78 is 43.4. The maximum absolute atomic E-state index is 12.9. The molecule has 11 heteroatoms. The minimum absolute atomic E-state index is 0.0394. The Morgan fingerprint density at radius 2 is 2.11 bits per heavy atom. The fourth-order valence-corrected chi connectivity index (χ4v) is 3.30. The average molecular weight is 423 g/mol. The van der Waals surface area contributed by atoms with Crippen LogP contribution in [-0.2, 0) is 25.3 Å². The number of ether oxygens (including phenoxy) is 1. The van der Waals surface area contributed by atoms with E-state index in [1.165, 1.54) is 6.07 Å². The number of halogens is 4. The third-order valence-electron chi connectivity index (χ3n) is 3.30. The van der Waals surface area contributed by atoms with Crippen molar-refractivity contribution in [2.24, 2.45) is 0 Å². The van der Waals surface area contributed by atoms with Gasteiger partial charge in [-0.15, -0.1) is 0 Å². The van der Waals surface area contributed by atoms with Crippen molar-refractivity contribution in [2.45, 2.75) is 13.1 Å². The van der Waals surface area contributed by atoms with Crippen molar-refractivity contribution in [3.63, 3.8) is 0 Å².